The molecular weight excluding hydrogens is 360 g/mol. The molecule has 0 aliphatic carbocycles. The molecule has 1 aliphatic rings. The lowest BCUT2D eigenvalue weighted by Gasteiger charge is -2.21. The summed E-state index contributed by atoms with van der Waals surface area (Å²) in [6, 6.07) is 6.84. The summed E-state index contributed by atoms with van der Waals surface area (Å²) in [5.74, 6) is 0.516. The summed E-state index contributed by atoms with van der Waals surface area (Å²) >= 11 is 0. The van der Waals surface area contributed by atoms with Crippen molar-refractivity contribution in [1.29, 1.82) is 0 Å². The fraction of sp³-hybridized carbons (Fsp3) is 0.263. The first-order valence-corrected chi connectivity index (χ1v) is 8.90. The molecular formula is C19H18N6O3. The molecule has 0 bridgehead atoms. The van der Waals surface area contributed by atoms with Crippen molar-refractivity contribution in [2.45, 2.75) is 32.0 Å². The number of aromatic nitrogens is 4. The van der Waals surface area contributed by atoms with Crippen molar-refractivity contribution in [1.82, 2.24) is 30.3 Å². The van der Waals surface area contributed by atoms with E-state index in [9.17, 15) is 9.59 Å². The van der Waals surface area contributed by atoms with Crippen LogP contribution in [-0.4, -0.2) is 36.8 Å². The van der Waals surface area contributed by atoms with E-state index >= 15 is 0 Å². The molecule has 0 saturated carbocycles. The Morgan fingerprint density at radius 2 is 2.07 bits per heavy atom. The normalized spacial score (nSPS) is 16.4. The second-order valence-electron chi connectivity index (χ2n) is 6.40. The van der Waals surface area contributed by atoms with Crippen LogP contribution in [-0.2, 0) is 17.9 Å². The number of amides is 2. The van der Waals surface area contributed by atoms with Gasteiger partial charge in [0.05, 0.1) is 12.1 Å². The lowest BCUT2D eigenvalue weighted by molar-refractivity contribution is -0.130. The van der Waals surface area contributed by atoms with Crippen LogP contribution >= 0.6 is 0 Å². The molecule has 28 heavy (non-hydrogen) atoms. The predicted molar refractivity (Wildman–Crippen MR) is 96.5 cm³/mol. The Morgan fingerprint density at radius 3 is 2.86 bits per heavy atom. The van der Waals surface area contributed by atoms with Crippen LogP contribution in [0.4, 0.5) is 0 Å². The molecule has 142 valence electrons. The molecule has 0 spiro atoms. The second kappa shape index (κ2) is 7.95. The Kier molecular flexibility index (Phi) is 5.05. The first kappa shape index (κ1) is 17.8. The smallest absolute Gasteiger partial charge is 0.253 e. The van der Waals surface area contributed by atoms with Crippen LogP contribution in [0.3, 0.4) is 0 Å². The topological polar surface area (TPSA) is 114 Å². The van der Waals surface area contributed by atoms with Crippen LogP contribution in [0.1, 0.15) is 46.5 Å². The molecule has 4 heterocycles. The average Bonchev–Trinajstić information content (AvgIpc) is 3.35. The maximum atomic E-state index is 12.3. The minimum absolute atomic E-state index is 0.0476. The van der Waals surface area contributed by atoms with E-state index < -0.39 is 0 Å². The van der Waals surface area contributed by atoms with E-state index in [2.05, 4.69) is 25.4 Å². The highest BCUT2D eigenvalue weighted by molar-refractivity contribution is 5.93. The van der Waals surface area contributed by atoms with Gasteiger partial charge in [0.15, 0.2) is 5.82 Å². The molecule has 9 heteroatoms. The SMILES string of the molecule is O=C(NCc1noc([C@@H]2CCC(=O)N2Cc2ccncc2)n1)c1cccnc1. The zero-order valence-corrected chi connectivity index (χ0v) is 15.0. The summed E-state index contributed by atoms with van der Waals surface area (Å²) in [4.78, 5) is 38.4. The Labute approximate surface area is 160 Å². The van der Waals surface area contributed by atoms with Crippen molar-refractivity contribution in [2.24, 2.45) is 0 Å². The molecule has 3 aromatic rings. The molecule has 3 aromatic heterocycles. The van der Waals surface area contributed by atoms with Gasteiger partial charge in [0.25, 0.3) is 5.91 Å². The van der Waals surface area contributed by atoms with Gasteiger partial charge >= 0.3 is 0 Å². The number of nitrogens with one attached hydrogen (secondary N) is 1. The lowest BCUT2D eigenvalue weighted by atomic mass is 10.2. The number of nitrogens with zero attached hydrogens (tertiary/aromatic N) is 5. The monoisotopic (exact) mass is 378 g/mol. The quantitative estimate of drug-likeness (QED) is 0.694. The number of carbonyl (C=O) groups is 2. The summed E-state index contributed by atoms with van der Waals surface area (Å²) in [5, 5.41) is 6.66. The molecule has 0 unspecified atom stereocenters. The molecule has 1 saturated heterocycles. The fourth-order valence-corrected chi connectivity index (χ4v) is 3.11. The van der Waals surface area contributed by atoms with Crippen molar-refractivity contribution < 1.29 is 14.1 Å². The minimum Gasteiger partial charge on any atom is -0.345 e. The van der Waals surface area contributed by atoms with Crippen molar-refractivity contribution in [2.75, 3.05) is 0 Å². The molecule has 9 nitrogen and oxygen atoms in total. The Bertz CT molecular complexity index is 960. The number of pyridine rings is 2. The maximum absolute atomic E-state index is 12.3. The average molecular weight is 378 g/mol. The summed E-state index contributed by atoms with van der Waals surface area (Å²) in [6.45, 7) is 0.587. The van der Waals surface area contributed by atoms with Gasteiger partial charge in [-0.15, -0.1) is 0 Å². The highest BCUT2D eigenvalue weighted by Crippen LogP contribution is 2.33. The maximum Gasteiger partial charge on any atom is 0.253 e. The van der Waals surface area contributed by atoms with Crippen molar-refractivity contribution in [3.8, 4) is 0 Å². The highest BCUT2D eigenvalue weighted by Gasteiger charge is 2.35. The number of hydrogen-bond acceptors (Lipinski definition) is 7. The largest absolute Gasteiger partial charge is 0.345 e. The number of hydrogen-bond donors (Lipinski definition) is 1. The Hall–Kier alpha value is -3.62. The van der Waals surface area contributed by atoms with Gasteiger partial charge in [0.2, 0.25) is 11.8 Å². The van der Waals surface area contributed by atoms with Crippen LogP contribution in [0.15, 0.2) is 53.6 Å². The number of likely N-dealkylation sites (tertiary alicyclic amines) is 1. The van der Waals surface area contributed by atoms with Crippen molar-refractivity contribution >= 4 is 11.8 Å². The lowest BCUT2D eigenvalue weighted by Crippen LogP contribution is -2.27. The molecule has 4 rings (SSSR count). The fourth-order valence-electron chi connectivity index (χ4n) is 3.11. The summed E-state index contributed by atoms with van der Waals surface area (Å²) in [5.41, 5.74) is 1.44. The number of carbonyl (C=O) groups excluding carboxylic acids is 2. The first-order valence-electron chi connectivity index (χ1n) is 8.90. The van der Waals surface area contributed by atoms with E-state index in [1.54, 1.807) is 35.6 Å². The minimum atomic E-state index is -0.269. The van der Waals surface area contributed by atoms with Crippen molar-refractivity contribution in [3.63, 3.8) is 0 Å². The standard InChI is InChI=1S/C19H18N6O3/c26-17-4-3-15(25(17)12-13-5-8-20-9-6-13)19-23-16(24-28-19)11-22-18(27)14-2-1-7-21-10-14/h1-2,5-10,15H,3-4,11-12H2,(H,22,27)/t15-/m0/s1. The van der Waals surface area contributed by atoms with E-state index in [-0.39, 0.29) is 24.4 Å². The van der Waals surface area contributed by atoms with E-state index in [4.69, 9.17) is 4.52 Å². The predicted octanol–water partition coefficient (Wildman–Crippen LogP) is 1.65. The highest BCUT2D eigenvalue weighted by atomic mass is 16.5. The van der Waals surface area contributed by atoms with Gasteiger partial charge in [0.1, 0.15) is 6.04 Å². The van der Waals surface area contributed by atoms with Gasteiger partial charge in [-0.1, -0.05) is 5.16 Å². The van der Waals surface area contributed by atoms with Crippen LogP contribution in [0, 0.1) is 0 Å². The van der Waals surface area contributed by atoms with Gasteiger partial charge in [-0.05, 0) is 36.2 Å². The van der Waals surface area contributed by atoms with Gasteiger partial charge < -0.3 is 14.7 Å². The van der Waals surface area contributed by atoms with Crippen LogP contribution in [0.2, 0.25) is 0 Å². The van der Waals surface area contributed by atoms with Gasteiger partial charge in [-0.25, -0.2) is 0 Å². The number of rotatable bonds is 6. The van der Waals surface area contributed by atoms with E-state index in [1.165, 1.54) is 6.20 Å². The van der Waals surface area contributed by atoms with E-state index in [0.717, 1.165) is 5.56 Å². The Morgan fingerprint density at radius 1 is 1.21 bits per heavy atom. The van der Waals surface area contributed by atoms with Gasteiger partial charge in [-0.3, -0.25) is 19.6 Å². The van der Waals surface area contributed by atoms with E-state index in [0.29, 0.717) is 36.7 Å². The van der Waals surface area contributed by atoms with Crippen LogP contribution < -0.4 is 5.32 Å². The van der Waals surface area contributed by atoms with Crippen LogP contribution in [0.5, 0.6) is 0 Å². The summed E-state index contributed by atoms with van der Waals surface area (Å²) < 4.78 is 5.37. The summed E-state index contributed by atoms with van der Waals surface area (Å²) in [6.07, 6.45) is 7.53. The zero-order valence-electron chi connectivity index (χ0n) is 15.0. The van der Waals surface area contributed by atoms with E-state index in [1.807, 2.05) is 12.1 Å². The molecule has 0 aromatic carbocycles. The molecule has 1 N–H and O–H groups in total. The van der Waals surface area contributed by atoms with Crippen molar-refractivity contribution in [3.05, 3.63) is 71.9 Å². The third-order valence-electron chi connectivity index (χ3n) is 4.53. The first-order chi connectivity index (χ1) is 13.7. The van der Waals surface area contributed by atoms with Gasteiger partial charge in [-0.2, -0.15) is 4.98 Å². The Balaban J connectivity index is 1.41. The third kappa shape index (κ3) is 3.88. The third-order valence-corrected chi connectivity index (χ3v) is 4.53. The zero-order chi connectivity index (χ0) is 19.3. The van der Waals surface area contributed by atoms with Gasteiger partial charge in [0, 0.05) is 37.8 Å². The molecule has 1 fully saturated rings. The molecule has 1 aliphatic heterocycles. The summed E-state index contributed by atoms with van der Waals surface area (Å²) in [7, 11) is 0. The molecule has 2 amide bonds. The van der Waals surface area contributed by atoms with Crippen LogP contribution in [0.25, 0.3) is 0 Å². The molecule has 1 atom stereocenters. The second-order valence-corrected chi connectivity index (χ2v) is 6.40. The molecule has 0 radical (unpaired) electrons.